The maximum absolute atomic E-state index is 11.9. The molecule has 2 aromatic heterocycles. The summed E-state index contributed by atoms with van der Waals surface area (Å²) < 4.78 is 26.3. The van der Waals surface area contributed by atoms with Crippen LogP contribution < -0.4 is 10.5 Å². The van der Waals surface area contributed by atoms with Gasteiger partial charge in [-0.05, 0) is 19.9 Å². The molecule has 0 aliphatic carbocycles. The van der Waals surface area contributed by atoms with E-state index in [9.17, 15) is 8.42 Å². The van der Waals surface area contributed by atoms with Crippen LogP contribution in [-0.2, 0) is 10.0 Å². The van der Waals surface area contributed by atoms with Crippen LogP contribution in [0.3, 0.4) is 0 Å². The molecule has 96 valence electrons. The molecule has 7 nitrogen and oxygen atoms in total. The largest absolute Gasteiger partial charge is 0.398 e. The molecule has 0 radical (unpaired) electrons. The molecule has 2 rings (SSSR count). The molecule has 0 bridgehead atoms. The first-order valence-electron chi connectivity index (χ1n) is 4.93. The molecule has 0 saturated heterocycles. The lowest BCUT2D eigenvalue weighted by atomic mass is 10.4. The summed E-state index contributed by atoms with van der Waals surface area (Å²) in [5, 5.41) is 9.03. The number of nitrogens with two attached hydrogens (primary N) is 1. The van der Waals surface area contributed by atoms with Crippen LogP contribution in [0, 0.1) is 13.8 Å². The number of anilines is 2. The number of rotatable bonds is 3. The highest BCUT2D eigenvalue weighted by atomic mass is 32.2. The van der Waals surface area contributed by atoms with Crippen molar-refractivity contribution in [2.45, 2.75) is 18.1 Å². The van der Waals surface area contributed by atoms with Gasteiger partial charge in [-0.1, -0.05) is 0 Å². The predicted molar refractivity (Wildman–Crippen MR) is 68.8 cm³/mol. The molecule has 0 fully saturated rings. The third-order valence-corrected chi connectivity index (χ3v) is 4.96. The fourth-order valence-corrected chi connectivity index (χ4v) is 3.16. The summed E-state index contributed by atoms with van der Waals surface area (Å²) in [6.45, 7) is 3.47. The first-order valence-corrected chi connectivity index (χ1v) is 7.29. The highest BCUT2D eigenvalue weighted by Crippen LogP contribution is 2.23. The minimum atomic E-state index is -3.70. The Morgan fingerprint density at radius 3 is 2.56 bits per heavy atom. The normalized spacial score (nSPS) is 11.4. The SMILES string of the molecule is Cc1nnc(NS(=O)(=O)c2cc(N)cs2)nc1C. The quantitative estimate of drug-likeness (QED) is 0.868. The van der Waals surface area contributed by atoms with Gasteiger partial charge in [0.15, 0.2) is 0 Å². The fourth-order valence-electron chi connectivity index (χ4n) is 1.14. The Balaban J connectivity index is 2.30. The average molecular weight is 285 g/mol. The molecule has 0 aliphatic rings. The van der Waals surface area contributed by atoms with Gasteiger partial charge in [0, 0.05) is 11.1 Å². The van der Waals surface area contributed by atoms with Crippen LogP contribution in [0.2, 0.25) is 0 Å². The van der Waals surface area contributed by atoms with Crippen LogP contribution in [0.15, 0.2) is 15.7 Å². The highest BCUT2D eigenvalue weighted by molar-refractivity contribution is 7.94. The van der Waals surface area contributed by atoms with E-state index in [1.54, 1.807) is 19.2 Å². The van der Waals surface area contributed by atoms with Gasteiger partial charge in [-0.25, -0.2) is 18.1 Å². The summed E-state index contributed by atoms with van der Waals surface area (Å²) in [4.78, 5) is 4.00. The Bertz CT molecular complexity index is 680. The van der Waals surface area contributed by atoms with Crippen molar-refractivity contribution in [2.24, 2.45) is 0 Å². The molecular formula is C9H11N5O2S2. The zero-order valence-electron chi connectivity index (χ0n) is 9.71. The van der Waals surface area contributed by atoms with Crippen LogP contribution in [-0.4, -0.2) is 23.6 Å². The number of hydrogen-bond donors (Lipinski definition) is 2. The van der Waals surface area contributed by atoms with Crippen LogP contribution in [0.1, 0.15) is 11.4 Å². The first-order chi connectivity index (χ1) is 8.38. The Labute approximate surface area is 108 Å². The maximum Gasteiger partial charge on any atom is 0.273 e. The monoisotopic (exact) mass is 285 g/mol. The van der Waals surface area contributed by atoms with Crippen molar-refractivity contribution in [2.75, 3.05) is 10.5 Å². The number of aryl methyl sites for hydroxylation is 2. The first kappa shape index (κ1) is 12.7. The predicted octanol–water partition coefficient (Wildman–Crippen LogP) is 0.933. The summed E-state index contributed by atoms with van der Waals surface area (Å²) in [6, 6.07) is 1.38. The van der Waals surface area contributed by atoms with E-state index in [0.29, 0.717) is 17.1 Å². The number of aromatic nitrogens is 3. The zero-order valence-corrected chi connectivity index (χ0v) is 11.3. The van der Waals surface area contributed by atoms with E-state index in [0.717, 1.165) is 11.3 Å². The van der Waals surface area contributed by atoms with Gasteiger partial charge >= 0.3 is 0 Å². The van der Waals surface area contributed by atoms with Gasteiger partial charge in [-0.2, -0.15) is 5.10 Å². The van der Waals surface area contributed by atoms with E-state index in [2.05, 4.69) is 19.9 Å². The lowest BCUT2D eigenvalue weighted by Gasteiger charge is -2.05. The van der Waals surface area contributed by atoms with Crippen molar-refractivity contribution >= 4 is 33.0 Å². The third-order valence-electron chi connectivity index (χ3n) is 2.18. The second-order valence-corrected chi connectivity index (χ2v) is 6.43. The Morgan fingerprint density at radius 1 is 1.28 bits per heavy atom. The summed E-state index contributed by atoms with van der Waals surface area (Å²) in [5.41, 5.74) is 7.16. The molecule has 9 heteroatoms. The minimum Gasteiger partial charge on any atom is -0.398 e. The van der Waals surface area contributed by atoms with E-state index < -0.39 is 10.0 Å². The third kappa shape index (κ3) is 2.57. The standard InChI is InChI=1S/C9H11N5O2S2/c1-5-6(2)12-13-9(11-5)14-18(15,16)8-3-7(10)4-17-8/h3-4H,10H2,1-2H3,(H,11,13,14). The number of nitrogens with one attached hydrogen (secondary N) is 1. The molecule has 0 saturated carbocycles. The van der Waals surface area contributed by atoms with Crippen LogP contribution in [0.4, 0.5) is 11.6 Å². The Kier molecular flexibility index (Phi) is 3.18. The van der Waals surface area contributed by atoms with E-state index in [1.165, 1.54) is 6.07 Å². The van der Waals surface area contributed by atoms with Crippen molar-refractivity contribution in [1.29, 1.82) is 0 Å². The van der Waals surface area contributed by atoms with E-state index >= 15 is 0 Å². The molecule has 3 N–H and O–H groups in total. The number of sulfonamides is 1. The molecular weight excluding hydrogens is 274 g/mol. The summed E-state index contributed by atoms with van der Waals surface area (Å²) in [5.74, 6) is -0.0509. The minimum absolute atomic E-state index is 0.0509. The molecule has 18 heavy (non-hydrogen) atoms. The van der Waals surface area contributed by atoms with E-state index in [4.69, 9.17) is 5.73 Å². The van der Waals surface area contributed by atoms with Gasteiger partial charge in [0.1, 0.15) is 4.21 Å². The lowest BCUT2D eigenvalue weighted by Crippen LogP contribution is -2.15. The van der Waals surface area contributed by atoms with Gasteiger partial charge < -0.3 is 5.73 Å². The number of nitrogens with zero attached hydrogens (tertiary/aromatic N) is 3. The second-order valence-electron chi connectivity index (χ2n) is 3.61. The topological polar surface area (TPSA) is 111 Å². The number of thiophene rings is 1. The van der Waals surface area contributed by atoms with Crippen LogP contribution >= 0.6 is 11.3 Å². The molecule has 2 heterocycles. The average Bonchev–Trinajstić information content (AvgIpc) is 2.71. The lowest BCUT2D eigenvalue weighted by molar-refractivity contribution is 0.602. The highest BCUT2D eigenvalue weighted by Gasteiger charge is 2.18. The van der Waals surface area contributed by atoms with Crippen molar-refractivity contribution in [3.63, 3.8) is 0 Å². The maximum atomic E-state index is 11.9. The molecule has 0 aliphatic heterocycles. The summed E-state index contributed by atoms with van der Waals surface area (Å²) >= 11 is 1.03. The number of hydrogen-bond acceptors (Lipinski definition) is 7. The number of nitrogen functional groups attached to an aromatic ring is 1. The molecule has 0 amide bonds. The Morgan fingerprint density at radius 2 is 2.00 bits per heavy atom. The van der Waals surface area contributed by atoms with Crippen LogP contribution in [0.5, 0.6) is 0 Å². The van der Waals surface area contributed by atoms with Gasteiger partial charge in [-0.3, -0.25) is 0 Å². The molecule has 2 aromatic rings. The molecule has 0 atom stereocenters. The summed E-state index contributed by atoms with van der Waals surface area (Å²) in [7, 11) is -3.70. The van der Waals surface area contributed by atoms with Gasteiger partial charge in [0.2, 0.25) is 0 Å². The van der Waals surface area contributed by atoms with Gasteiger partial charge in [0.05, 0.1) is 11.4 Å². The van der Waals surface area contributed by atoms with E-state index in [1.807, 2.05) is 0 Å². The Hall–Kier alpha value is -1.74. The fraction of sp³-hybridized carbons (Fsp3) is 0.222. The summed E-state index contributed by atoms with van der Waals surface area (Å²) in [6.07, 6.45) is 0. The molecule has 0 aromatic carbocycles. The van der Waals surface area contributed by atoms with Crippen molar-refractivity contribution in [3.8, 4) is 0 Å². The van der Waals surface area contributed by atoms with Gasteiger partial charge in [-0.15, -0.1) is 16.4 Å². The van der Waals surface area contributed by atoms with Gasteiger partial charge in [0.25, 0.3) is 16.0 Å². The smallest absolute Gasteiger partial charge is 0.273 e. The van der Waals surface area contributed by atoms with E-state index in [-0.39, 0.29) is 10.2 Å². The van der Waals surface area contributed by atoms with Crippen LogP contribution in [0.25, 0.3) is 0 Å². The van der Waals surface area contributed by atoms with Crippen molar-refractivity contribution in [1.82, 2.24) is 15.2 Å². The van der Waals surface area contributed by atoms with Crippen molar-refractivity contribution < 1.29 is 8.42 Å². The zero-order chi connectivity index (χ0) is 13.3. The van der Waals surface area contributed by atoms with Crippen molar-refractivity contribution in [3.05, 3.63) is 22.8 Å². The molecule has 0 spiro atoms. The molecule has 0 unspecified atom stereocenters. The second kappa shape index (κ2) is 4.50.